The molecule has 0 N–H and O–H groups in total. The molecule has 6 rings (SSSR count). The van der Waals surface area contributed by atoms with Gasteiger partial charge in [0.1, 0.15) is 0 Å². The molecule has 3 aliphatic carbocycles. The monoisotopic (exact) mass is 604 g/mol. The molecule has 40 heavy (non-hydrogen) atoms. The Bertz CT molecular complexity index is 1540. The van der Waals surface area contributed by atoms with Crippen molar-refractivity contribution in [1.82, 2.24) is 0 Å². The van der Waals surface area contributed by atoms with Crippen molar-refractivity contribution in [2.24, 2.45) is 5.92 Å². The standard InChI is InChI=1S/C21H25.C12H11.C6H10.Zr/c1-20(2,3)16-9-7-14-11-15-8-10-17(21(4,5)6)13-19(15)18(14)12-16;1-10-7-8-12(9-10)11-5-3-2-4-6-11;1-2-4-6-5-3-1;/h7,9-10,12-13H,11H2,1-6H3;2-6,8-10H,1H3;1-5H2;. The Balaban J connectivity index is 1.58. The quantitative estimate of drug-likeness (QED) is 0.218. The Kier molecular flexibility index (Phi) is 7.44. The van der Waals surface area contributed by atoms with E-state index >= 15 is 0 Å². The summed E-state index contributed by atoms with van der Waals surface area (Å²) in [6.07, 6.45) is 13.2. The normalized spacial score (nSPS) is 18.8. The zero-order valence-electron chi connectivity index (χ0n) is 25.7. The topological polar surface area (TPSA) is 0 Å². The third-order valence-electron chi connectivity index (χ3n) is 9.46. The van der Waals surface area contributed by atoms with Gasteiger partial charge in [-0.1, -0.05) is 0 Å². The third kappa shape index (κ3) is 5.29. The summed E-state index contributed by atoms with van der Waals surface area (Å²) in [7, 11) is 0. The van der Waals surface area contributed by atoms with Crippen LogP contribution in [0.1, 0.15) is 108 Å². The third-order valence-corrected chi connectivity index (χ3v) is 17.7. The van der Waals surface area contributed by atoms with Crippen molar-refractivity contribution >= 4 is 12.1 Å². The van der Waals surface area contributed by atoms with E-state index in [9.17, 15) is 0 Å². The van der Waals surface area contributed by atoms with Gasteiger partial charge in [-0.25, -0.2) is 0 Å². The fraction of sp³-hybridized carbons (Fsp3) is 0.410. The summed E-state index contributed by atoms with van der Waals surface area (Å²) in [4.78, 5) is 0. The number of benzene rings is 3. The summed E-state index contributed by atoms with van der Waals surface area (Å²) in [5.41, 5.74) is 12.3. The number of hydrogen-bond acceptors (Lipinski definition) is 0. The van der Waals surface area contributed by atoms with Crippen molar-refractivity contribution in [1.29, 1.82) is 0 Å². The summed E-state index contributed by atoms with van der Waals surface area (Å²) in [6.45, 7) is 16.7. The SMILES string of the molecule is CC1C=C(c2ccccc2)C=[C]1[Zr](=[C]1CCCCC1)[c]1cc(C(C)(C)C)cc2c1Cc1ccc(C(C)(C)C)cc1-2. The van der Waals surface area contributed by atoms with Crippen LogP contribution in [0.25, 0.3) is 16.7 Å². The van der Waals surface area contributed by atoms with Crippen molar-refractivity contribution in [3.05, 3.63) is 104 Å². The summed E-state index contributed by atoms with van der Waals surface area (Å²) < 4.78 is 5.56. The molecule has 3 aromatic rings. The first-order valence-corrected chi connectivity index (χ1v) is 19.2. The zero-order chi connectivity index (χ0) is 28.2. The Morgan fingerprint density at radius 1 is 0.725 bits per heavy atom. The van der Waals surface area contributed by atoms with E-state index in [4.69, 9.17) is 0 Å². The number of rotatable bonds is 3. The van der Waals surface area contributed by atoms with Gasteiger partial charge < -0.3 is 0 Å². The molecule has 0 heterocycles. The Hall–Kier alpha value is -2.11. The van der Waals surface area contributed by atoms with Crippen LogP contribution in [0.2, 0.25) is 0 Å². The van der Waals surface area contributed by atoms with E-state index in [1.54, 1.807) is 17.7 Å². The molecule has 0 spiro atoms. The number of hydrogen-bond donors (Lipinski definition) is 0. The first-order chi connectivity index (χ1) is 19.0. The van der Waals surface area contributed by atoms with Crippen molar-refractivity contribution in [2.75, 3.05) is 0 Å². The molecule has 0 aliphatic heterocycles. The van der Waals surface area contributed by atoms with Gasteiger partial charge in [-0.2, -0.15) is 0 Å². The molecule has 3 aromatic carbocycles. The van der Waals surface area contributed by atoms with E-state index < -0.39 is 21.3 Å². The fourth-order valence-corrected chi connectivity index (χ4v) is 15.9. The molecule has 0 saturated heterocycles. The van der Waals surface area contributed by atoms with E-state index in [1.807, 2.05) is 3.21 Å². The second kappa shape index (κ2) is 10.6. The molecular weight excluding hydrogens is 560 g/mol. The molecule has 0 bridgehead atoms. The molecule has 0 aromatic heterocycles. The molecule has 0 radical (unpaired) electrons. The number of fused-ring (bicyclic) bond motifs is 3. The van der Waals surface area contributed by atoms with Gasteiger partial charge in [0.15, 0.2) is 0 Å². The van der Waals surface area contributed by atoms with Crippen LogP contribution in [-0.2, 0) is 38.5 Å². The second-order valence-electron chi connectivity index (χ2n) is 14.5. The van der Waals surface area contributed by atoms with E-state index in [0.717, 1.165) is 6.42 Å². The molecule has 1 atom stereocenters. The minimum absolute atomic E-state index is 0.128. The molecule has 1 heteroatoms. The van der Waals surface area contributed by atoms with Crippen molar-refractivity contribution in [3.8, 4) is 11.1 Å². The van der Waals surface area contributed by atoms with Gasteiger partial charge >= 0.3 is 252 Å². The van der Waals surface area contributed by atoms with Gasteiger partial charge in [0.05, 0.1) is 0 Å². The Morgan fingerprint density at radius 2 is 1.40 bits per heavy atom. The molecule has 206 valence electrons. The molecular formula is C39H46Zr. The molecule has 0 nitrogen and oxygen atoms in total. The Labute approximate surface area is 250 Å². The summed E-state index contributed by atoms with van der Waals surface area (Å²) >= 11 is -2.35. The van der Waals surface area contributed by atoms with Gasteiger partial charge in [-0.3, -0.25) is 0 Å². The van der Waals surface area contributed by atoms with Gasteiger partial charge in [-0.15, -0.1) is 0 Å². The van der Waals surface area contributed by atoms with Gasteiger partial charge in [0, 0.05) is 0 Å². The molecule has 1 unspecified atom stereocenters. The second-order valence-corrected chi connectivity index (χ2v) is 20.8. The van der Waals surface area contributed by atoms with Crippen LogP contribution in [-0.4, -0.2) is 3.21 Å². The Morgan fingerprint density at radius 3 is 2.08 bits per heavy atom. The van der Waals surface area contributed by atoms with E-state index in [2.05, 4.69) is 121 Å². The van der Waals surface area contributed by atoms with Crippen LogP contribution in [0, 0.1) is 5.92 Å². The maximum absolute atomic E-state index is 2.71. The van der Waals surface area contributed by atoms with E-state index in [0.29, 0.717) is 5.92 Å². The van der Waals surface area contributed by atoms with Crippen LogP contribution in [0.4, 0.5) is 0 Å². The minimum atomic E-state index is -2.35. The molecule has 1 fully saturated rings. The van der Waals surface area contributed by atoms with Crippen LogP contribution in [0.15, 0.2) is 76.1 Å². The first kappa shape index (κ1) is 28.0. The van der Waals surface area contributed by atoms with Crippen molar-refractivity contribution in [3.63, 3.8) is 0 Å². The average Bonchev–Trinajstić information content (AvgIpc) is 3.49. The fourth-order valence-electron chi connectivity index (χ4n) is 6.99. The first-order valence-electron chi connectivity index (χ1n) is 15.5. The van der Waals surface area contributed by atoms with Gasteiger partial charge in [0.2, 0.25) is 0 Å². The molecule has 1 saturated carbocycles. The van der Waals surface area contributed by atoms with Gasteiger partial charge in [0.25, 0.3) is 0 Å². The average molecular weight is 606 g/mol. The van der Waals surface area contributed by atoms with Crippen LogP contribution in [0.3, 0.4) is 0 Å². The zero-order valence-corrected chi connectivity index (χ0v) is 28.2. The van der Waals surface area contributed by atoms with Crippen LogP contribution >= 0.6 is 0 Å². The predicted molar refractivity (Wildman–Crippen MR) is 171 cm³/mol. The van der Waals surface area contributed by atoms with Crippen molar-refractivity contribution < 1.29 is 21.3 Å². The maximum atomic E-state index is 2.71. The predicted octanol–water partition coefficient (Wildman–Crippen LogP) is 9.85. The van der Waals surface area contributed by atoms with E-state index in [1.165, 1.54) is 65.5 Å². The van der Waals surface area contributed by atoms with Crippen LogP contribution < -0.4 is 3.27 Å². The molecule has 0 amide bonds. The summed E-state index contributed by atoms with van der Waals surface area (Å²) in [6, 6.07) is 23.7. The van der Waals surface area contributed by atoms with E-state index in [-0.39, 0.29) is 10.8 Å². The summed E-state index contributed by atoms with van der Waals surface area (Å²) in [5, 5.41) is 0. The number of allylic oxidation sites excluding steroid dienone is 4. The van der Waals surface area contributed by atoms with Crippen molar-refractivity contribution in [2.45, 2.75) is 97.8 Å². The molecule has 3 aliphatic rings. The van der Waals surface area contributed by atoms with Gasteiger partial charge in [-0.05, 0) is 0 Å². The summed E-state index contributed by atoms with van der Waals surface area (Å²) in [5.74, 6) is 0.532. The van der Waals surface area contributed by atoms with Crippen LogP contribution in [0.5, 0.6) is 0 Å².